The van der Waals surface area contributed by atoms with E-state index in [9.17, 15) is 4.79 Å². The minimum Gasteiger partial charge on any atom is -0.366 e. The molecule has 0 spiro atoms. The molecule has 1 aromatic carbocycles. The Balaban J connectivity index is 1.57. The Labute approximate surface area is 155 Å². The molecule has 0 bridgehead atoms. The number of aromatic nitrogens is 3. The molecule has 4 rings (SSSR count). The molecular weight excluding hydrogens is 350 g/mol. The first-order valence-corrected chi connectivity index (χ1v) is 8.97. The zero-order chi connectivity index (χ0) is 17.9. The smallest absolute Gasteiger partial charge is 0.232 e. The van der Waals surface area contributed by atoms with Crippen molar-refractivity contribution in [1.29, 1.82) is 0 Å². The highest BCUT2D eigenvalue weighted by Crippen LogP contribution is 2.24. The van der Waals surface area contributed by atoms with Crippen LogP contribution in [0.4, 0.5) is 5.82 Å². The summed E-state index contributed by atoms with van der Waals surface area (Å²) in [6.07, 6.45) is 6.01. The quantitative estimate of drug-likeness (QED) is 0.707. The lowest BCUT2D eigenvalue weighted by Gasteiger charge is -2.24. The lowest BCUT2D eigenvalue weighted by atomic mass is 9.93. The van der Waals surface area contributed by atoms with Gasteiger partial charge in [-0.05, 0) is 49.9 Å². The molecule has 26 heavy (non-hydrogen) atoms. The zero-order valence-electron chi connectivity index (χ0n) is 14.1. The summed E-state index contributed by atoms with van der Waals surface area (Å²) in [5.41, 5.74) is 3.64. The van der Waals surface area contributed by atoms with E-state index in [0.717, 1.165) is 54.1 Å². The Morgan fingerprint density at radius 1 is 1.23 bits per heavy atom. The molecular formula is C19H18ClN5O. The molecule has 1 N–H and O–H groups in total. The van der Waals surface area contributed by atoms with Gasteiger partial charge in [0.1, 0.15) is 5.82 Å². The first-order valence-electron chi connectivity index (χ1n) is 8.59. The van der Waals surface area contributed by atoms with Gasteiger partial charge in [-0.25, -0.2) is 14.5 Å². The normalized spacial score (nSPS) is 17.3. The number of rotatable bonds is 4. The maximum absolute atomic E-state index is 10.5. The van der Waals surface area contributed by atoms with Crippen molar-refractivity contribution in [3.63, 3.8) is 0 Å². The molecule has 1 aliphatic carbocycles. The van der Waals surface area contributed by atoms with Gasteiger partial charge in [0, 0.05) is 22.3 Å². The standard InChI is InChI=1S/C19H18ClN5O/c20-14-3-1-2-13(10-14)17-11-21-19-9-8-18(24-25(17)19)23-16-6-4-15(5-7-16)22-12-26/h1-3,8-12,16H,4-7H2,(H,23,24). The Hall–Kier alpha value is -2.73. The van der Waals surface area contributed by atoms with Crippen LogP contribution in [0.1, 0.15) is 25.7 Å². The number of nitrogens with one attached hydrogen (secondary N) is 1. The van der Waals surface area contributed by atoms with Crippen LogP contribution >= 0.6 is 11.6 Å². The van der Waals surface area contributed by atoms with E-state index >= 15 is 0 Å². The number of carbonyl (C=O) groups excluding carboxylic acids is 1. The van der Waals surface area contributed by atoms with Crippen LogP contribution < -0.4 is 5.32 Å². The highest BCUT2D eigenvalue weighted by atomic mass is 35.5. The lowest BCUT2D eigenvalue weighted by molar-refractivity contribution is -0.106. The number of carbonyl (C=O) groups is 1. The molecule has 0 atom stereocenters. The maximum atomic E-state index is 10.5. The van der Waals surface area contributed by atoms with Gasteiger partial charge in [-0.1, -0.05) is 23.7 Å². The molecule has 3 aromatic rings. The van der Waals surface area contributed by atoms with Crippen LogP contribution in [0.25, 0.3) is 16.9 Å². The maximum Gasteiger partial charge on any atom is 0.232 e. The summed E-state index contributed by atoms with van der Waals surface area (Å²) in [4.78, 5) is 18.8. The van der Waals surface area contributed by atoms with Gasteiger partial charge in [0.15, 0.2) is 5.65 Å². The molecule has 7 heteroatoms. The number of hydrogen-bond acceptors (Lipinski definition) is 4. The summed E-state index contributed by atoms with van der Waals surface area (Å²) >= 11 is 6.11. The van der Waals surface area contributed by atoms with Crippen molar-refractivity contribution in [3.05, 3.63) is 47.6 Å². The topological polar surface area (TPSA) is 71.7 Å². The summed E-state index contributed by atoms with van der Waals surface area (Å²) in [6.45, 7) is 0. The van der Waals surface area contributed by atoms with Crippen LogP contribution in [0.3, 0.4) is 0 Å². The number of aliphatic imine (C=N–C) groups is 1. The third-order valence-electron chi connectivity index (χ3n) is 4.63. The van der Waals surface area contributed by atoms with Crippen molar-refractivity contribution in [2.24, 2.45) is 4.99 Å². The largest absolute Gasteiger partial charge is 0.366 e. The van der Waals surface area contributed by atoms with Crippen molar-refractivity contribution in [2.75, 3.05) is 5.32 Å². The molecule has 0 unspecified atom stereocenters. The van der Waals surface area contributed by atoms with Gasteiger partial charge >= 0.3 is 0 Å². The minimum absolute atomic E-state index is 0.323. The predicted molar refractivity (Wildman–Crippen MR) is 103 cm³/mol. The van der Waals surface area contributed by atoms with E-state index in [-0.39, 0.29) is 0 Å². The zero-order valence-corrected chi connectivity index (χ0v) is 14.9. The average molecular weight is 368 g/mol. The van der Waals surface area contributed by atoms with Crippen LogP contribution in [0.2, 0.25) is 5.02 Å². The number of nitrogens with zero attached hydrogens (tertiary/aromatic N) is 4. The van der Waals surface area contributed by atoms with Gasteiger partial charge in [-0.3, -0.25) is 4.79 Å². The summed E-state index contributed by atoms with van der Waals surface area (Å²) in [5, 5.41) is 8.87. The Morgan fingerprint density at radius 3 is 2.85 bits per heavy atom. The Kier molecular flexibility index (Phi) is 4.67. The van der Waals surface area contributed by atoms with E-state index < -0.39 is 0 Å². The van der Waals surface area contributed by atoms with Crippen LogP contribution in [0.15, 0.2) is 47.6 Å². The van der Waals surface area contributed by atoms with Crippen molar-refractivity contribution >= 4 is 35.2 Å². The molecule has 2 heterocycles. The van der Waals surface area contributed by atoms with Crippen LogP contribution in [0.5, 0.6) is 0 Å². The molecule has 0 saturated heterocycles. The number of fused-ring (bicyclic) bond motifs is 1. The summed E-state index contributed by atoms with van der Waals surface area (Å²) < 4.78 is 1.83. The Morgan fingerprint density at radius 2 is 2.08 bits per heavy atom. The van der Waals surface area contributed by atoms with E-state index in [1.807, 2.05) is 40.9 Å². The van der Waals surface area contributed by atoms with Crippen LogP contribution in [-0.4, -0.2) is 32.8 Å². The second-order valence-corrected chi connectivity index (χ2v) is 6.80. The number of amides is 1. The van der Waals surface area contributed by atoms with Crippen molar-refractivity contribution in [2.45, 2.75) is 31.7 Å². The van der Waals surface area contributed by atoms with Crippen molar-refractivity contribution < 1.29 is 4.79 Å². The Bertz CT molecular complexity index is 971. The first-order chi connectivity index (χ1) is 12.7. The highest BCUT2D eigenvalue weighted by Gasteiger charge is 2.18. The van der Waals surface area contributed by atoms with E-state index in [1.54, 1.807) is 6.20 Å². The SMILES string of the molecule is O=CN=C1CCC(Nc2ccc3ncc(-c4cccc(Cl)c4)n3n2)CC1. The van der Waals surface area contributed by atoms with Gasteiger partial charge in [0.05, 0.1) is 11.9 Å². The van der Waals surface area contributed by atoms with Crippen molar-refractivity contribution in [1.82, 2.24) is 14.6 Å². The average Bonchev–Trinajstić information content (AvgIpc) is 3.07. The molecule has 1 aliphatic rings. The number of hydrogen-bond donors (Lipinski definition) is 1. The van der Waals surface area contributed by atoms with E-state index in [1.165, 1.54) is 0 Å². The molecule has 1 fully saturated rings. The second kappa shape index (κ2) is 7.25. The van der Waals surface area contributed by atoms with Gasteiger partial charge in [-0.2, -0.15) is 0 Å². The van der Waals surface area contributed by atoms with E-state index in [0.29, 0.717) is 17.5 Å². The number of halogens is 1. The van der Waals surface area contributed by atoms with Crippen molar-refractivity contribution in [3.8, 4) is 11.3 Å². The summed E-state index contributed by atoms with van der Waals surface area (Å²) in [6, 6.07) is 11.9. The van der Waals surface area contributed by atoms with Crippen LogP contribution in [-0.2, 0) is 4.79 Å². The lowest BCUT2D eigenvalue weighted by Crippen LogP contribution is -2.26. The minimum atomic E-state index is 0.323. The molecule has 6 nitrogen and oxygen atoms in total. The summed E-state index contributed by atoms with van der Waals surface area (Å²) in [5.74, 6) is 0.805. The molecule has 1 saturated carbocycles. The number of benzene rings is 1. The van der Waals surface area contributed by atoms with Gasteiger partial charge in [0.25, 0.3) is 0 Å². The highest BCUT2D eigenvalue weighted by molar-refractivity contribution is 6.30. The number of anilines is 1. The summed E-state index contributed by atoms with van der Waals surface area (Å²) in [7, 11) is 0. The molecule has 0 radical (unpaired) electrons. The van der Waals surface area contributed by atoms with E-state index in [2.05, 4.69) is 15.3 Å². The monoisotopic (exact) mass is 367 g/mol. The molecule has 132 valence electrons. The van der Waals surface area contributed by atoms with Gasteiger partial charge in [0.2, 0.25) is 6.41 Å². The van der Waals surface area contributed by atoms with E-state index in [4.69, 9.17) is 16.7 Å². The predicted octanol–water partition coefficient (Wildman–Crippen LogP) is 4.00. The molecule has 0 aliphatic heterocycles. The fraction of sp³-hybridized carbons (Fsp3) is 0.263. The third-order valence-corrected chi connectivity index (χ3v) is 4.87. The fourth-order valence-corrected chi connectivity index (χ4v) is 3.49. The molecule has 2 aromatic heterocycles. The first kappa shape index (κ1) is 16.7. The van der Waals surface area contributed by atoms with Crippen LogP contribution in [0, 0.1) is 0 Å². The fourth-order valence-electron chi connectivity index (χ4n) is 3.30. The van der Waals surface area contributed by atoms with Gasteiger partial charge in [-0.15, -0.1) is 5.10 Å². The third kappa shape index (κ3) is 3.46. The second-order valence-electron chi connectivity index (χ2n) is 6.36. The number of imidazole rings is 1. The van der Waals surface area contributed by atoms with Gasteiger partial charge < -0.3 is 5.32 Å². The molecule has 1 amide bonds.